The molecule has 0 aliphatic carbocycles. The highest BCUT2D eigenvalue weighted by atomic mass is 16.5. The predicted molar refractivity (Wildman–Crippen MR) is 116 cm³/mol. The van der Waals surface area contributed by atoms with Crippen LogP contribution in [0.1, 0.15) is 31.7 Å². The maximum absolute atomic E-state index is 5.94. The molecule has 28 heavy (non-hydrogen) atoms. The van der Waals surface area contributed by atoms with Crippen molar-refractivity contribution in [1.82, 2.24) is 10.3 Å². The van der Waals surface area contributed by atoms with Crippen LogP contribution in [0.3, 0.4) is 0 Å². The van der Waals surface area contributed by atoms with Gasteiger partial charge in [0, 0.05) is 18.8 Å². The summed E-state index contributed by atoms with van der Waals surface area (Å²) in [7, 11) is 0. The number of nitrogens with one attached hydrogen (secondary N) is 1. The van der Waals surface area contributed by atoms with Gasteiger partial charge in [-0.25, -0.2) is 0 Å². The molecule has 4 rings (SSSR count). The summed E-state index contributed by atoms with van der Waals surface area (Å²) in [6.45, 7) is 5.48. The van der Waals surface area contributed by atoms with Crippen molar-refractivity contribution in [3.63, 3.8) is 0 Å². The Balaban J connectivity index is 1.28. The molecule has 0 aromatic heterocycles. The minimum absolute atomic E-state index is 0.736. The van der Waals surface area contributed by atoms with Crippen molar-refractivity contribution in [1.29, 1.82) is 0 Å². The Morgan fingerprint density at radius 3 is 2.64 bits per heavy atom. The average molecular weight is 376 g/mol. The van der Waals surface area contributed by atoms with Crippen molar-refractivity contribution < 1.29 is 4.74 Å². The summed E-state index contributed by atoms with van der Waals surface area (Å²) < 4.78 is 5.94. The van der Waals surface area contributed by atoms with Crippen LogP contribution in [-0.4, -0.2) is 30.6 Å². The van der Waals surface area contributed by atoms with E-state index in [-0.39, 0.29) is 0 Å². The number of nitrogens with zero attached hydrogens (tertiary/aromatic N) is 2. The zero-order chi connectivity index (χ0) is 19.2. The Hall–Kier alpha value is -2.72. The minimum atomic E-state index is 0.736. The van der Waals surface area contributed by atoms with Crippen LogP contribution >= 0.6 is 0 Å². The topological polar surface area (TPSA) is 27.7 Å². The molecule has 1 fully saturated rings. The van der Waals surface area contributed by atoms with Gasteiger partial charge >= 0.3 is 0 Å². The van der Waals surface area contributed by atoms with E-state index in [9.17, 15) is 0 Å². The van der Waals surface area contributed by atoms with Gasteiger partial charge in [0.1, 0.15) is 5.75 Å². The quantitative estimate of drug-likeness (QED) is 0.702. The predicted octanol–water partition coefficient (Wildman–Crippen LogP) is 4.82. The third-order valence-electron chi connectivity index (χ3n) is 5.49. The van der Waals surface area contributed by atoms with Gasteiger partial charge in [-0.2, -0.15) is 0 Å². The maximum Gasteiger partial charge on any atom is 0.119 e. The Morgan fingerprint density at radius 2 is 1.89 bits per heavy atom. The van der Waals surface area contributed by atoms with E-state index in [2.05, 4.69) is 65.8 Å². The normalized spacial score (nSPS) is 19.4. The summed E-state index contributed by atoms with van der Waals surface area (Å²) in [5.41, 5.74) is 6.77. The molecule has 0 saturated carbocycles. The second-order valence-corrected chi connectivity index (χ2v) is 7.49. The lowest BCUT2D eigenvalue weighted by Crippen LogP contribution is -2.33. The number of ether oxygens (including phenoxy) is 1. The Bertz CT molecular complexity index is 814. The smallest absolute Gasteiger partial charge is 0.119 e. The molecule has 1 saturated heterocycles. The van der Waals surface area contributed by atoms with Crippen LogP contribution in [0.5, 0.6) is 5.75 Å². The van der Waals surface area contributed by atoms with Gasteiger partial charge in [0.15, 0.2) is 0 Å². The summed E-state index contributed by atoms with van der Waals surface area (Å²) in [4.78, 5) is 2.57. The highest BCUT2D eigenvalue weighted by Gasteiger charge is 2.19. The number of allylic oxidation sites excluding steroid dienone is 2. The van der Waals surface area contributed by atoms with Crippen LogP contribution in [0.25, 0.3) is 5.70 Å². The van der Waals surface area contributed by atoms with E-state index in [1.54, 1.807) is 0 Å². The second kappa shape index (κ2) is 8.98. The molecule has 2 aromatic rings. The number of hydrogen-bond acceptors (Lipinski definition) is 4. The van der Waals surface area contributed by atoms with Gasteiger partial charge in [0.05, 0.1) is 18.0 Å². The fourth-order valence-corrected chi connectivity index (χ4v) is 3.84. The molecule has 2 aliphatic rings. The van der Waals surface area contributed by atoms with Gasteiger partial charge in [0.25, 0.3) is 0 Å². The molecule has 0 bridgehead atoms. The van der Waals surface area contributed by atoms with E-state index in [0.29, 0.717) is 0 Å². The molecule has 1 N–H and O–H groups in total. The van der Waals surface area contributed by atoms with E-state index in [1.807, 2.05) is 29.4 Å². The van der Waals surface area contributed by atoms with Crippen LogP contribution in [-0.2, 0) is 0 Å². The van der Waals surface area contributed by atoms with Crippen LogP contribution in [0.15, 0.2) is 72.9 Å². The van der Waals surface area contributed by atoms with Crippen molar-refractivity contribution >= 4 is 11.4 Å². The first-order valence-corrected chi connectivity index (χ1v) is 10.3. The van der Waals surface area contributed by atoms with Gasteiger partial charge in [-0.15, -0.1) is 0 Å². The minimum Gasteiger partial charge on any atom is -0.494 e. The summed E-state index contributed by atoms with van der Waals surface area (Å²) in [5.74, 6) is 0.935. The highest BCUT2D eigenvalue weighted by Crippen LogP contribution is 2.22. The largest absolute Gasteiger partial charge is 0.494 e. The zero-order valence-electron chi connectivity index (χ0n) is 16.6. The summed E-state index contributed by atoms with van der Waals surface area (Å²) in [6.07, 6.45) is 9.93. The standard InChI is InChI=1S/C24H29N3O/c1-20-8-5-16-26(20)17-7-19-28-23-14-12-21(13-15-23)24-11-6-18-27(25-24)22-9-3-2-4-10-22/h2-4,6,9-15,18,20,25H,5,7-8,16-17,19H2,1H3/t20-/m1/s1. The van der Waals surface area contributed by atoms with Gasteiger partial charge in [-0.05, 0) is 86.8 Å². The fraction of sp³-hybridized carbons (Fsp3) is 0.333. The molecule has 0 amide bonds. The van der Waals surface area contributed by atoms with E-state index >= 15 is 0 Å². The van der Waals surface area contributed by atoms with Crippen molar-refractivity contribution in [3.8, 4) is 5.75 Å². The molecule has 2 aromatic carbocycles. The van der Waals surface area contributed by atoms with Crippen LogP contribution in [0.2, 0.25) is 0 Å². The first-order valence-electron chi connectivity index (χ1n) is 10.3. The first-order chi connectivity index (χ1) is 13.8. The van der Waals surface area contributed by atoms with Gasteiger partial charge < -0.3 is 9.64 Å². The molecular weight excluding hydrogens is 346 g/mol. The Morgan fingerprint density at radius 1 is 1.07 bits per heavy atom. The van der Waals surface area contributed by atoms with E-state index < -0.39 is 0 Å². The molecule has 1 atom stereocenters. The van der Waals surface area contributed by atoms with E-state index in [1.165, 1.54) is 19.4 Å². The molecule has 4 nitrogen and oxygen atoms in total. The average Bonchev–Trinajstić information content (AvgIpc) is 3.17. The molecule has 2 aliphatic heterocycles. The molecule has 0 spiro atoms. The summed E-state index contributed by atoms with van der Waals surface area (Å²) in [5, 5.41) is 2.03. The number of rotatable bonds is 7. The fourth-order valence-electron chi connectivity index (χ4n) is 3.84. The highest BCUT2D eigenvalue weighted by molar-refractivity contribution is 5.70. The van der Waals surface area contributed by atoms with Crippen LogP contribution in [0, 0.1) is 0 Å². The lowest BCUT2D eigenvalue weighted by molar-refractivity contribution is 0.230. The van der Waals surface area contributed by atoms with E-state index in [0.717, 1.165) is 48.3 Å². The summed E-state index contributed by atoms with van der Waals surface area (Å²) >= 11 is 0. The number of benzene rings is 2. The molecule has 4 heteroatoms. The molecule has 0 radical (unpaired) electrons. The molecule has 0 unspecified atom stereocenters. The molecule has 146 valence electrons. The Kier molecular flexibility index (Phi) is 5.98. The number of likely N-dealkylation sites (tertiary alicyclic amines) is 1. The van der Waals surface area contributed by atoms with Crippen molar-refractivity contribution in [2.75, 3.05) is 24.7 Å². The van der Waals surface area contributed by atoms with Gasteiger partial charge in [-0.3, -0.25) is 10.4 Å². The number of anilines is 1. The van der Waals surface area contributed by atoms with Gasteiger partial charge in [0.2, 0.25) is 0 Å². The lowest BCUT2D eigenvalue weighted by atomic mass is 10.1. The molecule has 2 heterocycles. The number of hydrazine groups is 1. The first kappa shape index (κ1) is 18.6. The van der Waals surface area contributed by atoms with Crippen LogP contribution < -0.4 is 15.2 Å². The number of hydrogen-bond donors (Lipinski definition) is 1. The van der Waals surface area contributed by atoms with Gasteiger partial charge in [-0.1, -0.05) is 18.2 Å². The molecular formula is C24H29N3O. The lowest BCUT2D eigenvalue weighted by Gasteiger charge is -2.27. The maximum atomic E-state index is 5.94. The third kappa shape index (κ3) is 4.57. The summed E-state index contributed by atoms with van der Waals surface area (Å²) in [6, 6.07) is 19.3. The second-order valence-electron chi connectivity index (χ2n) is 7.49. The van der Waals surface area contributed by atoms with Crippen molar-refractivity contribution in [2.24, 2.45) is 0 Å². The van der Waals surface area contributed by atoms with Crippen molar-refractivity contribution in [2.45, 2.75) is 32.2 Å². The number of para-hydroxylation sites is 1. The Labute approximate surface area is 168 Å². The van der Waals surface area contributed by atoms with Crippen LogP contribution in [0.4, 0.5) is 5.69 Å². The third-order valence-corrected chi connectivity index (χ3v) is 5.49. The SMILES string of the molecule is C[C@@H]1CCCN1CCCOc1ccc(C2=CC=CN(c3ccccc3)N2)cc1. The monoisotopic (exact) mass is 375 g/mol. The van der Waals surface area contributed by atoms with Crippen molar-refractivity contribution in [3.05, 3.63) is 78.5 Å². The van der Waals surface area contributed by atoms with E-state index in [4.69, 9.17) is 4.74 Å². The zero-order valence-corrected chi connectivity index (χ0v) is 16.6.